The van der Waals surface area contributed by atoms with E-state index in [0.29, 0.717) is 0 Å². The van der Waals surface area contributed by atoms with Gasteiger partial charge in [-0.3, -0.25) is 0 Å². The molecule has 2 aromatic carbocycles. The summed E-state index contributed by atoms with van der Waals surface area (Å²) < 4.78 is 0. The smallest absolute Gasteiger partial charge is 0.0177 e. The molecule has 0 spiro atoms. The molecular weight excluding hydrogens is 302 g/mol. The molecule has 4 rings (SSSR count). The van der Waals surface area contributed by atoms with E-state index in [1.54, 1.807) is 0 Å². The molecule has 132 valence electrons. The fourth-order valence-electron chi connectivity index (χ4n) is 5.59. The first kappa shape index (κ1) is 16.8. The first-order chi connectivity index (χ1) is 12.2. The van der Waals surface area contributed by atoms with E-state index in [9.17, 15) is 0 Å². The quantitative estimate of drug-likeness (QED) is 0.714. The van der Waals surface area contributed by atoms with E-state index in [-0.39, 0.29) is 5.41 Å². The molecule has 1 nitrogen and oxygen atoms in total. The van der Waals surface area contributed by atoms with Crippen LogP contribution in [0.4, 0.5) is 0 Å². The summed E-state index contributed by atoms with van der Waals surface area (Å²) in [5.41, 5.74) is 3.04. The number of likely N-dealkylation sites (tertiary alicyclic amines) is 1. The van der Waals surface area contributed by atoms with Crippen LogP contribution in [0, 0.1) is 11.8 Å². The van der Waals surface area contributed by atoms with E-state index >= 15 is 0 Å². The zero-order valence-corrected chi connectivity index (χ0v) is 15.7. The number of piperidine rings is 1. The van der Waals surface area contributed by atoms with E-state index in [4.69, 9.17) is 0 Å². The Kier molecular flexibility index (Phi) is 4.69. The summed E-state index contributed by atoms with van der Waals surface area (Å²) in [6.45, 7) is 3.76. The Balaban J connectivity index is 1.62. The summed E-state index contributed by atoms with van der Waals surface area (Å²) in [4.78, 5) is 2.64. The van der Waals surface area contributed by atoms with E-state index in [2.05, 4.69) is 79.5 Å². The van der Waals surface area contributed by atoms with Gasteiger partial charge in [-0.25, -0.2) is 0 Å². The fraction of sp³-hybridized carbons (Fsp3) is 0.500. The van der Waals surface area contributed by atoms with Gasteiger partial charge in [-0.15, -0.1) is 0 Å². The second-order valence-electron chi connectivity index (χ2n) is 8.56. The number of hydrogen-bond donors (Lipinski definition) is 0. The molecular formula is C24H31N. The maximum absolute atomic E-state index is 2.64. The molecule has 0 aromatic heterocycles. The van der Waals surface area contributed by atoms with Gasteiger partial charge in [0.2, 0.25) is 0 Å². The van der Waals surface area contributed by atoms with Crippen molar-refractivity contribution in [3.8, 4) is 0 Å². The monoisotopic (exact) mass is 333 g/mol. The third-order valence-electron chi connectivity index (χ3n) is 6.93. The fourth-order valence-corrected chi connectivity index (χ4v) is 5.59. The SMILES string of the molecule is CN1CCCC2CC(CC(C)(c3ccccc3)c3ccccc3)CC21. The van der Waals surface area contributed by atoms with Crippen LogP contribution in [0.2, 0.25) is 0 Å². The van der Waals surface area contributed by atoms with Crippen LogP contribution in [-0.2, 0) is 5.41 Å². The summed E-state index contributed by atoms with van der Waals surface area (Å²) >= 11 is 0. The normalized spacial score (nSPS) is 27.2. The molecule has 3 unspecified atom stereocenters. The van der Waals surface area contributed by atoms with Crippen molar-refractivity contribution in [1.82, 2.24) is 4.90 Å². The molecule has 1 aliphatic heterocycles. The number of fused-ring (bicyclic) bond motifs is 1. The minimum absolute atomic E-state index is 0.110. The molecule has 1 heterocycles. The molecule has 1 heteroatoms. The van der Waals surface area contributed by atoms with Crippen molar-refractivity contribution in [2.24, 2.45) is 11.8 Å². The summed E-state index contributed by atoms with van der Waals surface area (Å²) in [6, 6.07) is 23.1. The molecule has 1 saturated carbocycles. The number of hydrogen-bond acceptors (Lipinski definition) is 1. The first-order valence-corrected chi connectivity index (χ1v) is 9.98. The molecule has 0 N–H and O–H groups in total. The molecule has 3 atom stereocenters. The predicted molar refractivity (Wildman–Crippen MR) is 106 cm³/mol. The second-order valence-corrected chi connectivity index (χ2v) is 8.56. The van der Waals surface area contributed by atoms with Crippen LogP contribution < -0.4 is 0 Å². The number of rotatable bonds is 4. The van der Waals surface area contributed by atoms with Gasteiger partial charge >= 0.3 is 0 Å². The van der Waals surface area contributed by atoms with Gasteiger partial charge in [0, 0.05) is 11.5 Å². The average Bonchev–Trinajstić information content (AvgIpc) is 3.07. The van der Waals surface area contributed by atoms with E-state index in [0.717, 1.165) is 17.9 Å². The van der Waals surface area contributed by atoms with Crippen LogP contribution in [0.25, 0.3) is 0 Å². The second kappa shape index (κ2) is 6.96. The van der Waals surface area contributed by atoms with Gasteiger partial charge in [-0.2, -0.15) is 0 Å². The van der Waals surface area contributed by atoms with Crippen LogP contribution in [0.5, 0.6) is 0 Å². The first-order valence-electron chi connectivity index (χ1n) is 9.98. The van der Waals surface area contributed by atoms with Crippen molar-refractivity contribution in [2.75, 3.05) is 13.6 Å². The number of nitrogens with zero attached hydrogens (tertiary/aromatic N) is 1. The molecule has 1 saturated heterocycles. The Morgan fingerprint density at radius 3 is 2.08 bits per heavy atom. The largest absolute Gasteiger partial charge is 0.303 e. The Bertz CT molecular complexity index is 638. The minimum Gasteiger partial charge on any atom is -0.303 e. The van der Waals surface area contributed by atoms with Gasteiger partial charge < -0.3 is 4.90 Å². The highest BCUT2D eigenvalue weighted by atomic mass is 15.1. The summed E-state index contributed by atoms with van der Waals surface area (Å²) in [5, 5.41) is 0. The van der Waals surface area contributed by atoms with Crippen LogP contribution in [0.3, 0.4) is 0 Å². The van der Waals surface area contributed by atoms with Gasteiger partial charge in [0.1, 0.15) is 0 Å². The van der Waals surface area contributed by atoms with Gasteiger partial charge in [-0.1, -0.05) is 67.6 Å². The average molecular weight is 334 g/mol. The maximum Gasteiger partial charge on any atom is 0.0177 e. The van der Waals surface area contributed by atoms with Crippen molar-refractivity contribution in [3.63, 3.8) is 0 Å². The van der Waals surface area contributed by atoms with Crippen LogP contribution in [-0.4, -0.2) is 24.5 Å². The summed E-state index contributed by atoms with van der Waals surface area (Å²) in [7, 11) is 2.34. The van der Waals surface area contributed by atoms with Gasteiger partial charge in [-0.05, 0) is 68.7 Å². The third-order valence-corrected chi connectivity index (χ3v) is 6.93. The van der Waals surface area contributed by atoms with Crippen LogP contribution in [0.15, 0.2) is 60.7 Å². The lowest BCUT2D eigenvalue weighted by Gasteiger charge is -2.35. The van der Waals surface area contributed by atoms with Crippen molar-refractivity contribution in [1.29, 1.82) is 0 Å². The topological polar surface area (TPSA) is 3.24 Å². The lowest BCUT2D eigenvalue weighted by Crippen LogP contribution is -2.39. The Hall–Kier alpha value is -1.60. The molecule has 25 heavy (non-hydrogen) atoms. The molecule has 2 aromatic rings. The van der Waals surface area contributed by atoms with Crippen molar-refractivity contribution >= 4 is 0 Å². The van der Waals surface area contributed by atoms with Gasteiger partial charge in [0.15, 0.2) is 0 Å². The van der Waals surface area contributed by atoms with Crippen molar-refractivity contribution in [2.45, 2.75) is 50.5 Å². The molecule has 0 bridgehead atoms. The van der Waals surface area contributed by atoms with Crippen LogP contribution in [0.1, 0.15) is 50.2 Å². The van der Waals surface area contributed by atoms with Crippen molar-refractivity contribution in [3.05, 3.63) is 71.8 Å². The zero-order chi connectivity index (χ0) is 17.3. The van der Waals surface area contributed by atoms with Gasteiger partial charge in [0.05, 0.1) is 0 Å². The van der Waals surface area contributed by atoms with E-state index < -0.39 is 0 Å². The molecule has 0 amide bonds. The highest BCUT2D eigenvalue weighted by Crippen LogP contribution is 2.47. The lowest BCUT2D eigenvalue weighted by molar-refractivity contribution is 0.144. The van der Waals surface area contributed by atoms with Crippen molar-refractivity contribution < 1.29 is 0 Å². The maximum atomic E-state index is 2.64. The Morgan fingerprint density at radius 1 is 0.920 bits per heavy atom. The minimum atomic E-state index is 0.110. The molecule has 1 aliphatic carbocycles. The highest BCUT2D eigenvalue weighted by Gasteiger charge is 2.41. The van der Waals surface area contributed by atoms with Gasteiger partial charge in [0.25, 0.3) is 0 Å². The zero-order valence-electron chi connectivity index (χ0n) is 15.7. The van der Waals surface area contributed by atoms with E-state index in [1.165, 1.54) is 49.8 Å². The third kappa shape index (κ3) is 3.27. The number of benzene rings is 2. The Labute approximate surface area is 153 Å². The lowest BCUT2D eigenvalue weighted by atomic mass is 9.70. The molecule has 2 fully saturated rings. The van der Waals surface area contributed by atoms with Crippen LogP contribution >= 0.6 is 0 Å². The standard InChI is InChI=1S/C24H31N/c1-24(21-11-5-3-6-12-21,22-13-7-4-8-14-22)18-19-16-20-10-9-15-25(2)23(20)17-19/h3-8,11-14,19-20,23H,9-10,15-18H2,1-2H3. The molecule has 2 aliphatic rings. The summed E-state index contributed by atoms with van der Waals surface area (Å²) in [6.07, 6.45) is 6.90. The Morgan fingerprint density at radius 2 is 1.52 bits per heavy atom. The predicted octanol–water partition coefficient (Wildman–Crippen LogP) is 5.50. The summed E-state index contributed by atoms with van der Waals surface area (Å²) in [5.74, 6) is 1.76. The van der Waals surface area contributed by atoms with E-state index in [1.807, 2.05) is 0 Å². The molecule has 0 radical (unpaired) electrons. The highest BCUT2D eigenvalue weighted by molar-refractivity contribution is 5.38.